The fraction of sp³-hybridized carbons (Fsp3) is 0.367. The van der Waals surface area contributed by atoms with Gasteiger partial charge >= 0.3 is 5.97 Å². The monoisotopic (exact) mass is 516 g/mol. The van der Waals surface area contributed by atoms with Crippen molar-refractivity contribution in [3.05, 3.63) is 87.7 Å². The number of benzene rings is 3. The highest BCUT2D eigenvalue weighted by molar-refractivity contribution is 5.80. The van der Waals surface area contributed by atoms with Crippen LogP contribution in [0.5, 0.6) is 5.75 Å². The molecular formula is C30H33FN4O3. The van der Waals surface area contributed by atoms with Crippen LogP contribution in [0.1, 0.15) is 59.6 Å². The molecule has 1 aliphatic rings. The first-order valence-electron chi connectivity index (χ1n) is 12.8. The number of rotatable bonds is 6. The van der Waals surface area contributed by atoms with Crippen LogP contribution in [0.15, 0.2) is 48.5 Å². The van der Waals surface area contributed by atoms with Crippen molar-refractivity contribution >= 4 is 17.0 Å². The topological polar surface area (TPSA) is 80.5 Å². The second-order valence-corrected chi connectivity index (χ2v) is 10.9. The SMILES string of the molecule is Cc1ccc([C@H](CC(=O)O)c2ccc3c(nnn3C)c2C)cc1CN1Cc2cccc(F)c2OC(C)(C)C1. The largest absolute Gasteiger partial charge is 0.483 e. The maximum atomic E-state index is 14.6. The number of fused-ring (bicyclic) bond motifs is 2. The molecule has 1 N–H and O–H groups in total. The Hall–Kier alpha value is -3.78. The van der Waals surface area contributed by atoms with Crippen LogP contribution in [-0.2, 0) is 24.9 Å². The van der Waals surface area contributed by atoms with Crippen molar-refractivity contribution < 1.29 is 19.0 Å². The van der Waals surface area contributed by atoms with Gasteiger partial charge in [0.05, 0.1) is 11.9 Å². The van der Waals surface area contributed by atoms with Gasteiger partial charge in [-0.2, -0.15) is 0 Å². The zero-order chi connectivity index (χ0) is 27.2. The number of nitrogens with zero attached hydrogens (tertiary/aromatic N) is 4. The number of aromatic nitrogens is 3. The molecule has 3 aromatic carbocycles. The fourth-order valence-electron chi connectivity index (χ4n) is 5.58. The van der Waals surface area contributed by atoms with E-state index in [0.29, 0.717) is 25.4 Å². The minimum atomic E-state index is -0.860. The molecule has 2 heterocycles. The van der Waals surface area contributed by atoms with Gasteiger partial charge in [-0.25, -0.2) is 9.07 Å². The number of carboxylic acids is 1. The summed E-state index contributed by atoms with van der Waals surface area (Å²) in [4.78, 5) is 14.2. The van der Waals surface area contributed by atoms with Crippen LogP contribution in [0.3, 0.4) is 0 Å². The van der Waals surface area contributed by atoms with Gasteiger partial charge in [-0.15, -0.1) is 5.10 Å². The van der Waals surface area contributed by atoms with Gasteiger partial charge in [0, 0.05) is 38.2 Å². The molecule has 7 nitrogen and oxygen atoms in total. The highest BCUT2D eigenvalue weighted by atomic mass is 19.1. The first-order valence-corrected chi connectivity index (χ1v) is 12.8. The van der Waals surface area contributed by atoms with E-state index in [-0.39, 0.29) is 18.2 Å². The Morgan fingerprint density at radius 3 is 2.74 bits per heavy atom. The van der Waals surface area contributed by atoms with Crippen LogP contribution < -0.4 is 4.74 Å². The standard InChI is InChI=1S/C30H33FN4O3/c1-18-9-10-20(24(14-27(36)37)23-11-12-26-28(19(23)2)32-33-34(26)5)13-22(18)16-35-15-21-7-6-8-25(31)29(21)38-30(3,4)17-35/h6-13,24H,14-17H2,1-5H3,(H,36,37)/t24-/m0/s1. The molecule has 198 valence electrons. The van der Waals surface area contributed by atoms with Gasteiger partial charge < -0.3 is 9.84 Å². The molecule has 0 amide bonds. The Morgan fingerprint density at radius 2 is 1.97 bits per heavy atom. The lowest BCUT2D eigenvalue weighted by molar-refractivity contribution is -0.137. The average molecular weight is 517 g/mol. The molecular weight excluding hydrogens is 483 g/mol. The highest BCUT2D eigenvalue weighted by Gasteiger charge is 2.31. The maximum Gasteiger partial charge on any atom is 0.304 e. The summed E-state index contributed by atoms with van der Waals surface area (Å²) in [6.07, 6.45) is -0.0354. The molecule has 0 saturated carbocycles. The zero-order valence-corrected chi connectivity index (χ0v) is 22.5. The predicted octanol–water partition coefficient (Wildman–Crippen LogP) is 5.50. The van der Waals surface area contributed by atoms with Crippen LogP contribution in [0.4, 0.5) is 4.39 Å². The number of ether oxygens (including phenoxy) is 1. The lowest BCUT2D eigenvalue weighted by Crippen LogP contribution is -2.40. The summed E-state index contributed by atoms with van der Waals surface area (Å²) < 4.78 is 22.4. The molecule has 8 heteroatoms. The molecule has 4 aromatic rings. The second-order valence-electron chi connectivity index (χ2n) is 10.9. The molecule has 0 aliphatic carbocycles. The predicted molar refractivity (Wildman–Crippen MR) is 144 cm³/mol. The first-order chi connectivity index (χ1) is 18.0. The van der Waals surface area contributed by atoms with Crippen molar-refractivity contribution in [3.8, 4) is 5.75 Å². The molecule has 0 saturated heterocycles. The molecule has 0 spiro atoms. The molecule has 0 fully saturated rings. The number of hydrogen-bond acceptors (Lipinski definition) is 5. The van der Waals surface area contributed by atoms with E-state index >= 15 is 0 Å². The molecule has 5 rings (SSSR count). The second kappa shape index (κ2) is 9.83. The maximum absolute atomic E-state index is 14.6. The number of aryl methyl sites for hydroxylation is 3. The summed E-state index contributed by atoms with van der Waals surface area (Å²) in [6.45, 7) is 9.79. The number of carbonyl (C=O) groups is 1. The van der Waals surface area contributed by atoms with Gasteiger partial charge in [-0.1, -0.05) is 41.6 Å². The highest BCUT2D eigenvalue weighted by Crippen LogP contribution is 2.36. The van der Waals surface area contributed by atoms with Crippen molar-refractivity contribution in [2.45, 2.75) is 58.7 Å². The molecule has 0 bridgehead atoms. The van der Waals surface area contributed by atoms with Gasteiger partial charge in [-0.05, 0) is 67.6 Å². The third-order valence-corrected chi connectivity index (χ3v) is 7.43. The Labute approximate surface area is 221 Å². The quantitative estimate of drug-likeness (QED) is 0.364. The van der Waals surface area contributed by atoms with E-state index in [1.807, 2.05) is 52.1 Å². The van der Waals surface area contributed by atoms with Crippen molar-refractivity contribution in [1.29, 1.82) is 0 Å². The summed E-state index contributed by atoms with van der Waals surface area (Å²) in [6, 6.07) is 15.2. The van der Waals surface area contributed by atoms with E-state index in [4.69, 9.17) is 4.74 Å². The van der Waals surface area contributed by atoms with E-state index in [0.717, 1.165) is 44.4 Å². The average Bonchev–Trinajstić information content (AvgIpc) is 3.16. The molecule has 0 unspecified atom stereocenters. The Morgan fingerprint density at radius 1 is 1.18 bits per heavy atom. The van der Waals surface area contributed by atoms with Crippen LogP contribution in [0, 0.1) is 19.7 Å². The Bertz CT molecular complexity index is 1530. The third kappa shape index (κ3) is 5.00. The van der Waals surface area contributed by atoms with Crippen molar-refractivity contribution in [3.63, 3.8) is 0 Å². The van der Waals surface area contributed by atoms with Crippen molar-refractivity contribution in [2.75, 3.05) is 6.54 Å². The van der Waals surface area contributed by atoms with Crippen LogP contribution in [0.2, 0.25) is 0 Å². The smallest absolute Gasteiger partial charge is 0.304 e. The van der Waals surface area contributed by atoms with E-state index in [2.05, 4.69) is 34.3 Å². The number of aliphatic carboxylic acids is 1. The molecule has 1 atom stereocenters. The van der Waals surface area contributed by atoms with Crippen LogP contribution in [-0.4, -0.2) is 43.1 Å². The summed E-state index contributed by atoms with van der Waals surface area (Å²) in [5, 5.41) is 18.3. The molecule has 1 aromatic heterocycles. The van der Waals surface area contributed by atoms with Gasteiger partial charge in [0.1, 0.15) is 11.1 Å². The van der Waals surface area contributed by atoms with Gasteiger partial charge in [-0.3, -0.25) is 9.69 Å². The minimum absolute atomic E-state index is 0.0354. The van der Waals surface area contributed by atoms with Gasteiger partial charge in [0.15, 0.2) is 11.6 Å². The number of carboxylic acid groups (broad SMARTS) is 1. The summed E-state index contributed by atoms with van der Waals surface area (Å²) in [5.41, 5.74) is 6.97. The zero-order valence-electron chi connectivity index (χ0n) is 22.5. The Balaban J connectivity index is 1.51. The van der Waals surface area contributed by atoms with E-state index < -0.39 is 11.6 Å². The number of para-hydroxylation sites is 1. The van der Waals surface area contributed by atoms with E-state index in [9.17, 15) is 14.3 Å². The van der Waals surface area contributed by atoms with E-state index in [1.54, 1.807) is 10.7 Å². The van der Waals surface area contributed by atoms with E-state index in [1.165, 1.54) is 6.07 Å². The molecule has 38 heavy (non-hydrogen) atoms. The minimum Gasteiger partial charge on any atom is -0.483 e. The summed E-state index contributed by atoms with van der Waals surface area (Å²) in [7, 11) is 1.84. The molecule has 1 aliphatic heterocycles. The number of hydrogen-bond donors (Lipinski definition) is 1. The summed E-state index contributed by atoms with van der Waals surface area (Å²) in [5.74, 6) is -1.22. The van der Waals surface area contributed by atoms with Gasteiger partial charge in [0.2, 0.25) is 0 Å². The lowest BCUT2D eigenvalue weighted by atomic mass is 9.84. The van der Waals surface area contributed by atoms with Gasteiger partial charge in [0.25, 0.3) is 0 Å². The van der Waals surface area contributed by atoms with Crippen LogP contribution >= 0.6 is 0 Å². The normalized spacial score (nSPS) is 16.1. The molecule has 0 radical (unpaired) electrons. The Kier molecular flexibility index (Phi) is 6.69. The van der Waals surface area contributed by atoms with Crippen molar-refractivity contribution in [2.24, 2.45) is 7.05 Å². The number of halogens is 1. The fourth-order valence-corrected chi connectivity index (χ4v) is 5.58. The lowest BCUT2D eigenvalue weighted by Gasteiger charge is -2.30. The third-order valence-electron chi connectivity index (χ3n) is 7.43. The van der Waals surface area contributed by atoms with Crippen molar-refractivity contribution in [1.82, 2.24) is 19.9 Å². The first kappa shape index (κ1) is 25.9. The van der Waals surface area contributed by atoms with Crippen LogP contribution in [0.25, 0.3) is 11.0 Å². The summed E-state index contributed by atoms with van der Waals surface area (Å²) >= 11 is 0.